The van der Waals surface area contributed by atoms with Crippen molar-refractivity contribution < 1.29 is 37.2 Å². The molecule has 0 aliphatic carbocycles. The van der Waals surface area contributed by atoms with E-state index in [-0.39, 0.29) is 5.75 Å². The molecule has 1 fully saturated rings. The van der Waals surface area contributed by atoms with E-state index in [0.29, 0.717) is 18.9 Å². The van der Waals surface area contributed by atoms with Crippen molar-refractivity contribution in [2.75, 3.05) is 56.7 Å². The van der Waals surface area contributed by atoms with Crippen LogP contribution in [-0.2, 0) is 9.53 Å². The highest BCUT2D eigenvalue weighted by atomic mass is 19.4. The first-order valence-electron chi connectivity index (χ1n) is 10.5. The van der Waals surface area contributed by atoms with Gasteiger partial charge in [0.1, 0.15) is 11.3 Å². The van der Waals surface area contributed by atoms with E-state index in [1.807, 2.05) is 12.1 Å². The molecular formula is C22H23F3N4O6. The number of rotatable bonds is 8. The highest BCUT2D eigenvalue weighted by Crippen LogP contribution is 2.27. The molecular weight excluding hydrogens is 473 g/mol. The number of nitro groups is 1. The van der Waals surface area contributed by atoms with Gasteiger partial charge in [-0.25, -0.2) is 0 Å². The van der Waals surface area contributed by atoms with Crippen molar-refractivity contribution in [3.63, 3.8) is 0 Å². The molecule has 0 radical (unpaired) electrons. The summed E-state index contributed by atoms with van der Waals surface area (Å²) in [6.45, 7) is 0.707. The van der Waals surface area contributed by atoms with Gasteiger partial charge in [0.05, 0.1) is 24.7 Å². The minimum Gasteiger partial charge on any atom is -0.484 e. The SMILES string of the molecule is CN(CC(=O)Nc1ccc(N2CCOCC2)cc1)C(=O)c1cc(OCC(F)(F)F)ccc1[N+](=O)[O-]. The van der Waals surface area contributed by atoms with Crippen LogP contribution in [0.25, 0.3) is 0 Å². The van der Waals surface area contributed by atoms with E-state index in [2.05, 4.69) is 15.0 Å². The fraction of sp³-hybridized carbons (Fsp3) is 0.364. The fourth-order valence-electron chi connectivity index (χ4n) is 3.37. The van der Waals surface area contributed by atoms with Crippen molar-refractivity contribution in [3.8, 4) is 5.75 Å². The zero-order chi connectivity index (χ0) is 25.6. The van der Waals surface area contributed by atoms with Gasteiger partial charge >= 0.3 is 6.18 Å². The number of likely N-dealkylation sites (N-methyl/N-ethyl adjacent to an activating group) is 1. The monoisotopic (exact) mass is 496 g/mol. The van der Waals surface area contributed by atoms with Gasteiger partial charge in [-0.3, -0.25) is 19.7 Å². The number of benzene rings is 2. The van der Waals surface area contributed by atoms with Crippen LogP contribution in [0.15, 0.2) is 42.5 Å². The van der Waals surface area contributed by atoms with E-state index in [1.54, 1.807) is 12.1 Å². The third-order valence-corrected chi connectivity index (χ3v) is 5.05. The number of hydrogen-bond acceptors (Lipinski definition) is 7. The van der Waals surface area contributed by atoms with Crippen molar-refractivity contribution in [3.05, 3.63) is 58.1 Å². The fourth-order valence-corrected chi connectivity index (χ4v) is 3.37. The number of nitrogens with one attached hydrogen (secondary N) is 1. The molecule has 3 rings (SSSR count). The summed E-state index contributed by atoms with van der Waals surface area (Å²) in [4.78, 5) is 38.7. The Morgan fingerprint density at radius 3 is 2.43 bits per heavy atom. The molecule has 2 aromatic rings. The zero-order valence-corrected chi connectivity index (χ0v) is 18.7. The quantitative estimate of drug-likeness (QED) is 0.441. The lowest BCUT2D eigenvalue weighted by Gasteiger charge is -2.28. The molecule has 1 aliphatic heterocycles. The van der Waals surface area contributed by atoms with E-state index in [1.165, 1.54) is 7.05 Å². The minimum atomic E-state index is -4.62. The zero-order valence-electron chi connectivity index (χ0n) is 18.7. The largest absolute Gasteiger partial charge is 0.484 e. The van der Waals surface area contributed by atoms with Gasteiger partial charge in [0, 0.05) is 37.6 Å². The summed E-state index contributed by atoms with van der Waals surface area (Å²) >= 11 is 0. The maximum atomic E-state index is 12.8. The number of nitro benzene ring substituents is 1. The van der Waals surface area contributed by atoms with Gasteiger partial charge in [-0.2, -0.15) is 13.2 Å². The molecule has 1 saturated heterocycles. The van der Waals surface area contributed by atoms with E-state index in [0.717, 1.165) is 41.9 Å². The molecule has 1 aliphatic rings. The van der Waals surface area contributed by atoms with Crippen LogP contribution in [0.4, 0.5) is 30.2 Å². The molecule has 0 spiro atoms. The molecule has 2 amide bonds. The average molecular weight is 496 g/mol. The number of ether oxygens (including phenoxy) is 2. The minimum absolute atomic E-state index is 0.366. The van der Waals surface area contributed by atoms with Crippen molar-refractivity contribution in [2.24, 2.45) is 0 Å². The van der Waals surface area contributed by atoms with Gasteiger partial charge in [0.25, 0.3) is 11.6 Å². The van der Waals surface area contributed by atoms with Crippen LogP contribution in [0.1, 0.15) is 10.4 Å². The smallest absolute Gasteiger partial charge is 0.422 e. The first-order chi connectivity index (χ1) is 16.5. The number of amides is 2. The first-order valence-corrected chi connectivity index (χ1v) is 10.5. The van der Waals surface area contributed by atoms with E-state index >= 15 is 0 Å². The lowest BCUT2D eigenvalue weighted by atomic mass is 10.1. The Bertz CT molecular complexity index is 1070. The van der Waals surface area contributed by atoms with E-state index in [9.17, 15) is 32.9 Å². The molecule has 13 heteroatoms. The topological polar surface area (TPSA) is 114 Å². The number of hydrogen-bond donors (Lipinski definition) is 1. The van der Waals surface area contributed by atoms with Crippen LogP contribution in [0.3, 0.4) is 0 Å². The Morgan fingerprint density at radius 2 is 1.83 bits per heavy atom. The van der Waals surface area contributed by atoms with Gasteiger partial charge in [0.2, 0.25) is 5.91 Å². The number of nitrogens with zero attached hydrogens (tertiary/aromatic N) is 3. The second-order valence-corrected chi connectivity index (χ2v) is 7.70. The second kappa shape index (κ2) is 11.0. The number of halogens is 3. The van der Waals surface area contributed by atoms with Crippen LogP contribution < -0.4 is 15.0 Å². The molecule has 0 bridgehead atoms. The van der Waals surface area contributed by atoms with Crippen molar-refractivity contribution in [2.45, 2.75) is 6.18 Å². The lowest BCUT2D eigenvalue weighted by Crippen LogP contribution is -2.36. The number of morpholine rings is 1. The molecule has 0 aromatic heterocycles. The maximum Gasteiger partial charge on any atom is 0.422 e. The van der Waals surface area contributed by atoms with Gasteiger partial charge in [-0.1, -0.05) is 0 Å². The summed E-state index contributed by atoms with van der Waals surface area (Å²) in [6, 6.07) is 9.78. The van der Waals surface area contributed by atoms with Gasteiger partial charge in [-0.15, -0.1) is 0 Å². The first kappa shape index (κ1) is 25.7. The third kappa shape index (κ3) is 7.30. The number of carbonyl (C=O) groups excluding carboxylic acids is 2. The Labute approximate surface area is 198 Å². The van der Waals surface area contributed by atoms with Gasteiger partial charge in [0.15, 0.2) is 6.61 Å². The summed E-state index contributed by atoms with van der Waals surface area (Å²) < 4.78 is 47.1. The normalized spacial score (nSPS) is 13.8. The molecule has 0 unspecified atom stereocenters. The number of anilines is 2. The lowest BCUT2D eigenvalue weighted by molar-refractivity contribution is -0.385. The van der Waals surface area contributed by atoms with E-state index < -0.39 is 47.3 Å². The summed E-state index contributed by atoms with van der Waals surface area (Å²) in [6.07, 6.45) is -4.62. The van der Waals surface area contributed by atoms with Gasteiger partial charge < -0.3 is 24.6 Å². The molecule has 0 saturated carbocycles. The molecule has 1 heterocycles. The summed E-state index contributed by atoms with van der Waals surface area (Å²) in [7, 11) is 1.25. The molecule has 2 aromatic carbocycles. The Balaban J connectivity index is 1.64. The van der Waals surface area contributed by atoms with Gasteiger partial charge in [-0.05, 0) is 36.4 Å². The van der Waals surface area contributed by atoms with Crippen LogP contribution in [0, 0.1) is 10.1 Å². The number of alkyl halides is 3. The predicted octanol–water partition coefficient (Wildman–Crippen LogP) is 3.08. The number of carbonyl (C=O) groups is 2. The van der Waals surface area contributed by atoms with Crippen molar-refractivity contribution >= 4 is 28.9 Å². The second-order valence-electron chi connectivity index (χ2n) is 7.70. The summed E-state index contributed by atoms with van der Waals surface area (Å²) in [5.74, 6) is -1.85. The maximum absolute atomic E-state index is 12.8. The molecule has 35 heavy (non-hydrogen) atoms. The highest BCUT2D eigenvalue weighted by Gasteiger charge is 2.30. The molecule has 0 atom stereocenters. The van der Waals surface area contributed by atoms with Crippen LogP contribution in [0.2, 0.25) is 0 Å². The van der Waals surface area contributed by atoms with Crippen LogP contribution in [0.5, 0.6) is 5.75 Å². The van der Waals surface area contributed by atoms with Crippen molar-refractivity contribution in [1.82, 2.24) is 4.90 Å². The molecule has 188 valence electrons. The predicted molar refractivity (Wildman–Crippen MR) is 120 cm³/mol. The standard InChI is InChI=1S/C22H23F3N4O6/c1-27(13-20(30)26-15-2-4-16(5-3-15)28-8-10-34-11-9-28)21(31)18-12-17(35-14-22(23,24)25)6-7-19(18)29(32)33/h2-7,12H,8-11,13-14H2,1H3,(H,26,30). The molecule has 10 nitrogen and oxygen atoms in total. The van der Waals surface area contributed by atoms with E-state index in [4.69, 9.17) is 4.74 Å². The highest BCUT2D eigenvalue weighted by molar-refractivity contribution is 6.01. The Kier molecular flexibility index (Phi) is 8.12. The van der Waals surface area contributed by atoms with Crippen LogP contribution >= 0.6 is 0 Å². The van der Waals surface area contributed by atoms with Crippen LogP contribution in [-0.4, -0.2) is 74.3 Å². The molecule has 1 N–H and O–H groups in total. The summed E-state index contributed by atoms with van der Waals surface area (Å²) in [5.41, 5.74) is 0.333. The van der Waals surface area contributed by atoms with Crippen molar-refractivity contribution in [1.29, 1.82) is 0 Å². The Morgan fingerprint density at radius 1 is 1.17 bits per heavy atom. The Hall–Kier alpha value is -3.87. The summed E-state index contributed by atoms with van der Waals surface area (Å²) in [5, 5.41) is 13.9. The average Bonchev–Trinajstić information content (AvgIpc) is 2.82. The third-order valence-electron chi connectivity index (χ3n) is 5.05.